The van der Waals surface area contributed by atoms with Gasteiger partial charge in [-0.25, -0.2) is 0 Å². The predicted octanol–water partition coefficient (Wildman–Crippen LogP) is 3.37. The third-order valence-electron chi connectivity index (χ3n) is 5.35. The molecule has 1 saturated heterocycles. The maximum absolute atomic E-state index is 12.8. The van der Waals surface area contributed by atoms with Gasteiger partial charge < -0.3 is 14.9 Å². The van der Waals surface area contributed by atoms with Crippen molar-refractivity contribution in [1.29, 1.82) is 0 Å². The van der Waals surface area contributed by atoms with E-state index in [4.69, 9.17) is 0 Å². The number of aliphatic hydroxyl groups is 1. The Kier molecular flexibility index (Phi) is 5.50. The molecule has 0 saturated carbocycles. The van der Waals surface area contributed by atoms with Gasteiger partial charge in [0.25, 0.3) is 5.91 Å². The number of halogens is 3. The first-order valence-electron chi connectivity index (χ1n) is 9.04. The number of amides is 1. The highest BCUT2D eigenvalue weighted by Crippen LogP contribution is 2.36. The fraction of sp³-hybridized carbons (Fsp3) is 0.381. The zero-order valence-electron chi connectivity index (χ0n) is 15.8. The van der Waals surface area contributed by atoms with Gasteiger partial charge in [-0.15, -0.1) is 0 Å². The van der Waals surface area contributed by atoms with Crippen molar-refractivity contribution in [3.8, 4) is 0 Å². The molecule has 0 spiro atoms. The molecule has 1 heterocycles. The van der Waals surface area contributed by atoms with E-state index in [2.05, 4.69) is 0 Å². The van der Waals surface area contributed by atoms with Gasteiger partial charge in [-0.1, -0.05) is 30.3 Å². The molecule has 0 radical (unpaired) electrons. The van der Waals surface area contributed by atoms with Crippen LogP contribution in [0.4, 0.5) is 13.2 Å². The number of hydrogen-bond donors (Lipinski definition) is 1. The summed E-state index contributed by atoms with van der Waals surface area (Å²) < 4.78 is 38.2. The van der Waals surface area contributed by atoms with Crippen LogP contribution in [-0.4, -0.2) is 54.0 Å². The monoisotopic (exact) mass is 392 g/mol. The number of alkyl halides is 3. The number of nitrogens with zero attached hydrogens (tertiary/aromatic N) is 2. The number of piperidine rings is 1. The van der Waals surface area contributed by atoms with Crippen LogP contribution in [0.3, 0.4) is 0 Å². The number of rotatable bonds is 3. The number of hydrogen-bond acceptors (Lipinski definition) is 3. The Bertz CT molecular complexity index is 822. The Balaban J connectivity index is 1.81. The largest absolute Gasteiger partial charge is 0.416 e. The third kappa shape index (κ3) is 3.91. The quantitative estimate of drug-likeness (QED) is 0.871. The lowest BCUT2D eigenvalue weighted by molar-refractivity contribution is -0.137. The highest BCUT2D eigenvalue weighted by atomic mass is 19.4. The molecule has 0 aromatic heterocycles. The highest BCUT2D eigenvalue weighted by Gasteiger charge is 2.45. The Morgan fingerprint density at radius 2 is 1.71 bits per heavy atom. The average Bonchev–Trinajstić information content (AvgIpc) is 2.67. The highest BCUT2D eigenvalue weighted by molar-refractivity contribution is 5.94. The minimum Gasteiger partial charge on any atom is -0.383 e. The smallest absolute Gasteiger partial charge is 0.383 e. The average molecular weight is 392 g/mol. The number of carbonyl (C=O) groups is 1. The van der Waals surface area contributed by atoms with Crippen LogP contribution >= 0.6 is 0 Å². The van der Waals surface area contributed by atoms with Gasteiger partial charge in [0.1, 0.15) is 5.60 Å². The van der Waals surface area contributed by atoms with E-state index in [1.165, 1.54) is 12.1 Å². The van der Waals surface area contributed by atoms with Crippen LogP contribution in [0.25, 0.3) is 0 Å². The van der Waals surface area contributed by atoms with Gasteiger partial charge in [0, 0.05) is 18.7 Å². The molecule has 150 valence electrons. The van der Waals surface area contributed by atoms with E-state index in [1.54, 1.807) is 4.90 Å². The summed E-state index contributed by atoms with van der Waals surface area (Å²) >= 11 is 0. The van der Waals surface area contributed by atoms with E-state index >= 15 is 0 Å². The molecule has 2 aromatic carbocycles. The van der Waals surface area contributed by atoms with Crippen molar-refractivity contribution in [2.75, 3.05) is 27.2 Å². The molecule has 2 atom stereocenters. The molecule has 7 heteroatoms. The number of likely N-dealkylation sites (N-methyl/N-ethyl adjacent to an activating group) is 1. The lowest BCUT2D eigenvalue weighted by Gasteiger charge is -2.47. The van der Waals surface area contributed by atoms with Gasteiger partial charge in [-0.05, 0) is 50.3 Å². The minimum absolute atomic E-state index is 0.204. The van der Waals surface area contributed by atoms with E-state index in [9.17, 15) is 23.1 Å². The van der Waals surface area contributed by atoms with Crippen molar-refractivity contribution >= 4 is 5.91 Å². The second-order valence-electron chi connectivity index (χ2n) is 7.35. The number of benzene rings is 2. The molecule has 1 aliphatic heterocycles. The summed E-state index contributed by atoms with van der Waals surface area (Å²) in [6, 6.07) is 13.2. The Labute approximate surface area is 162 Å². The zero-order valence-corrected chi connectivity index (χ0v) is 15.8. The molecule has 1 aliphatic rings. The van der Waals surface area contributed by atoms with Crippen LogP contribution in [0.5, 0.6) is 0 Å². The van der Waals surface area contributed by atoms with Crippen LogP contribution < -0.4 is 0 Å². The van der Waals surface area contributed by atoms with Crippen LogP contribution in [0.1, 0.15) is 27.9 Å². The topological polar surface area (TPSA) is 43.8 Å². The maximum atomic E-state index is 12.8. The van der Waals surface area contributed by atoms with Crippen molar-refractivity contribution in [3.63, 3.8) is 0 Å². The van der Waals surface area contributed by atoms with Crippen LogP contribution in [-0.2, 0) is 11.8 Å². The minimum atomic E-state index is -4.44. The van der Waals surface area contributed by atoms with Gasteiger partial charge in [0.05, 0.1) is 11.6 Å². The summed E-state index contributed by atoms with van der Waals surface area (Å²) in [6.07, 6.45) is -4.10. The summed E-state index contributed by atoms with van der Waals surface area (Å²) in [7, 11) is 3.68. The van der Waals surface area contributed by atoms with Crippen molar-refractivity contribution in [1.82, 2.24) is 9.80 Å². The van der Waals surface area contributed by atoms with E-state index in [1.807, 2.05) is 49.3 Å². The fourth-order valence-corrected chi connectivity index (χ4v) is 3.75. The predicted molar refractivity (Wildman–Crippen MR) is 99.8 cm³/mol. The first-order valence-corrected chi connectivity index (χ1v) is 9.04. The summed E-state index contributed by atoms with van der Waals surface area (Å²) in [5.41, 5.74) is -0.903. The molecule has 1 N–H and O–H groups in total. The third-order valence-corrected chi connectivity index (χ3v) is 5.35. The van der Waals surface area contributed by atoms with Crippen molar-refractivity contribution in [2.45, 2.75) is 24.2 Å². The van der Waals surface area contributed by atoms with Crippen molar-refractivity contribution in [3.05, 3.63) is 71.3 Å². The normalized spacial score (nSPS) is 23.1. The van der Waals surface area contributed by atoms with E-state index in [-0.39, 0.29) is 24.1 Å². The molecule has 0 bridgehead atoms. The summed E-state index contributed by atoms with van der Waals surface area (Å²) in [5.74, 6) is -0.337. The lowest BCUT2D eigenvalue weighted by Crippen LogP contribution is -2.60. The Morgan fingerprint density at radius 1 is 1.11 bits per heavy atom. The number of carbonyl (C=O) groups excluding carboxylic acids is 1. The molecule has 0 aliphatic carbocycles. The van der Waals surface area contributed by atoms with Gasteiger partial charge in [-0.2, -0.15) is 13.2 Å². The van der Waals surface area contributed by atoms with Crippen LogP contribution in [0, 0.1) is 0 Å². The molecule has 4 nitrogen and oxygen atoms in total. The Morgan fingerprint density at radius 3 is 2.25 bits per heavy atom. The van der Waals surface area contributed by atoms with Crippen LogP contribution in [0.2, 0.25) is 0 Å². The van der Waals surface area contributed by atoms with Gasteiger partial charge >= 0.3 is 6.18 Å². The number of likely N-dealkylation sites (tertiary alicyclic amines) is 1. The van der Waals surface area contributed by atoms with Crippen LogP contribution in [0.15, 0.2) is 54.6 Å². The summed E-state index contributed by atoms with van der Waals surface area (Å²) in [4.78, 5) is 16.3. The molecule has 28 heavy (non-hydrogen) atoms. The van der Waals surface area contributed by atoms with Gasteiger partial charge in [0.2, 0.25) is 0 Å². The lowest BCUT2D eigenvalue weighted by atomic mass is 9.79. The van der Waals surface area contributed by atoms with Gasteiger partial charge in [0.15, 0.2) is 0 Å². The SMILES string of the molecule is CN(C)[C@@H]1CN(C(=O)c2ccc(C(F)(F)F)cc2)CC[C@]1(O)c1ccccc1. The second kappa shape index (κ2) is 7.56. The fourth-order valence-electron chi connectivity index (χ4n) is 3.75. The molecule has 1 fully saturated rings. The maximum Gasteiger partial charge on any atom is 0.416 e. The first-order chi connectivity index (χ1) is 13.1. The molecular weight excluding hydrogens is 369 g/mol. The van der Waals surface area contributed by atoms with E-state index in [0.29, 0.717) is 13.0 Å². The second-order valence-corrected chi connectivity index (χ2v) is 7.35. The molecular formula is C21H23F3N2O2. The standard InChI is InChI=1S/C21H23F3N2O2/c1-25(2)18-14-26(13-12-20(18,28)16-6-4-3-5-7-16)19(27)15-8-10-17(11-9-15)21(22,23)24/h3-11,18,28H,12-14H2,1-2H3/t18-,20+/m1/s1. The van der Waals surface area contributed by atoms with Gasteiger partial charge in [-0.3, -0.25) is 4.79 Å². The molecule has 3 rings (SSSR count). The van der Waals surface area contributed by atoms with Crippen molar-refractivity contribution < 1.29 is 23.1 Å². The zero-order chi connectivity index (χ0) is 20.5. The van der Waals surface area contributed by atoms with Crippen molar-refractivity contribution in [2.24, 2.45) is 0 Å². The Hall–Kier alpha value is -2.38. The summed E-state index contributed by atoms with van der Waals surface area (Å²) in [6.45, 7) is 0.591. The molecule has 2 aromatic rings. The summed E-state index contributed by atoms with van der Waals surface area (Å²) in [5, 5.41) is 11.4. The first kappa shape index (κ1) is 20.4. The van der Waals surface area contributed by atoms with E-state index < -0.39 is 17.3 Å². The van der Waals surface area contributed by atoms with E-state index in [0.717, 1.165) is 17.7 Å². The molecule has 1 amide bonds. The molecule has 0 unspecified atom stereocenters.